The second-order valence-corrected chi connectivity index (χ2v) is 12.3. The lowest BCUT2D eigenvalue weighted by atomic mass is 9.65. The Morgan fingerprint density at radius 2 is 1.64 bits per heavy atom. The van der Waals surface area contributed by atoms with Gasteiger partial charge in [-0.05, 0) is 81.3 Å². The minimum Gasteiger partial charge on any atom is -0.476 e. The second kappa shape index (κ2) is 9.92. The highest BCUT2D eigenvalue weighted by molar-refractivity contribution is 5.88. The van der Waals surface area contributed by atoms with E-state index >= 15 is 0 Å². The van der Waals surface area contributed by atoms with Crippen molar-refractivity contribution in [3.63, 3.8) is 0 Å². The molecule has 5 rings (SSSR count). The van der Waals surface area contributed by atoms with Gasteiger partial charge in [0.15, 0.2) is 0 Å². The molecule has 2 bridgehead atoms. The molecule has 6 nitrogen and oxygen atoms in total. The van der Waals surface area contributed by atoms with Gasteiger partial charge in [-0.15, -0.1) is 0 Å². The predicted octanol–water partition coefficient (Wildman–Crippen LogP) is 6.28. The summed E-state index contributed by atoms with van der Waals surface area (Å²) in [5.74, 6) is 0.994. The normalized spacial score (nSPS) is 32.9. The standard InChI is InChI=1S/C30H43N3O3/c1-5-21(6-2)18-30(16-19(3)13-20(4)17-30)33-22-11-12-23(33)15-24(14-22)32-26-10-8-7-9-25(26)31-27(28(32)34)29(35)36/h7-10,19-24H,5-6,11-18H2,1-4H3,(H,35,36)/t19?,20?,22-,23+,24?,30?. The van der Waals surface area contributed by atoms with Crippen LogP contribution in [0.3, 0.4) is 0 Å². The second-order valence-electron chi connectivity index (χ2n) is 12.3. The van der Waals surface area contributed by atoms with E-state index in [-0.39, 0.29) is 17.3 Å². The summed E-state index contributed by atoms with van der Waals surface area (Å²) in [5.41, 5.74) is 0.790. The van der Waals surface area contributed by atoms with Crippen molar-refractivity contribution >= 4 is 17.0 Å². The molecule has 3 unspecified atom stereocenters. The highest BCUT2D eigenvalue weighted by atomic mass is 16.4. The first-order valence-corrected chi connectivity index (χ1v) is 14.3. The summed E-state index contributed by atoms with van der Waals surface area (Å²) in [5, 5.41) is 9.71. The Balaban J connectivity index is 1.53. The van der Waals surface area contributed by atoms with Gasteiger partial charge in [-0.1, -0.05) is 52.7 Å². The molecular formula is C30H43N3O3. The van der Waals surface area contributed by atoms with Crippen molar-refractivity contribution in [2.45, 2.75) is 116 Å². The lowest BCUT2D eigenvalue weighted by Crippen LogP contribution is -2.60. The Hall–Kier alpha value is -2.21. The number of carboxylic acid groups (broad SMARTS) is 1. The summed E-state index contributed by atoms with van der Waals surface area (Å²) >= 11 is 0. The van der Waals surface area contributed by atoms with E-state index in [9.17, 15) is 14.7 Å². The minimum atomic E-state index is -1.24. The molecule has 0 radical (unpaired) electrons. The van der Waals surface area contributed by atoms with Crippen LogP contribution in [0.15, 0.2) is 29.1 Å². The van der Waals surface area contributed by atoms with Gasteiger partial charge in [0.1, 0.15) is 0 Å². The lowest BCUT2D eigenvalue weighted by Gasteiger charge is -2.56. The fourth-order valence-electron chi connectivity index (χ4n) is 8.62. The Kier molecular flexibility index (Phi) is 7.01. The van der Waals surface area contributed by atoms with Crippen LogP contribution in [0.2, 0.25) is 0 Å². The van der Waals surface area contributed by atoms with Crippen molar-refractivity contribution in [2.24, 2.45) is 17.8 Å². The number of rotatable bonds is 7. The maximum absolute atomic E-state index is 13.4. The van der Waals surface area contributed by atoms with Crippen molar-refractivity contribution in [3.05, 3.63) is 40.3 Å². The summed E-state index contributed by atoms with van der Waals surface area (Å²) in [4.78, 5) is 32.5. The van der Waals surface area contributed by atoms with Gasteiger partial charge in [0.2, 0.25) is 5.69 Å². The summed E-state index contributed by atoms with van der Waals surface area (Å²) in [6.45, 7) is 9.59. The van der Waals surface area contributed by atoms with Crippen LogP contribution in [-0.4, -0.2) is 43.1 Å². The zero-order chi connectivity index (χ0) is 25.6. The van der Waals surface area contributed by atoms with Gasteiger partial charge >= 0.3 is 5.97 Å². The van der Waals surface area contributed by atoms with E-state index in [1.807, 2.05) is 24.3 Å². The number of carboxylic acids is 1. The van der Waals surface area contributed by atoms with Crippen LogP contribution < -0.4 is 5.56 Å². The highest BCUT2D eigenvalue weighted by Crippen LogP contribution is 2.53. The van der Waals surface area contributed by atoms with Gasteiger partial charge in [0, 0.05) is 23.7 Å². The molecule has 1 N–H and O–H groups in total. The Labute approximate surface area is 215 Å². The van der Waals surface area contributed by atoms with Crippen LogP contribution in [0.5, 0.6) is 0 Å². The molecule has 2 aromatic rings. The third kappa shape index (κ3) is 4.40. The van der Waals surface area contributed by atoms with Crippen molar-refractivity contribution in [1.29, 1.82) is 0 Å². The number of hydrogen-bond donors (Lipinski definition) is 1. The Bertz CT molecular complexity index is 1150. The Morgan fingerprint density at radius 1 is 1.03 bits per heavy atom. The first-order chi connectivity index (χ1) is 17.3. The third-order valence-corrected chi connectivity index (χ3v) is 9.70. The van der Waals surface area contributed by atoms with Crippen LogP contribution in [0.4, 0.5) is 0 Å². The molecule has 1 aliphatic carbocycles. The number of piperidine rings is 1. The van der Waals surface area contributed by atoms with Crippen LogP contribution in [0.1, 0.15) is 108 Å². The van der Waals surface area contributed by atoms with E-state index in [1.165, 1.54) is 51.4 Å². The molecule has 2 aliphatic heterocycles. The lowest BCUT2D eigenvalue weighted by molar-refractivity contribution is -0.0629. The Morgan fingerprint density at radius 3 is 2.22 bits per heavy atom. The number of carbonyl (C=O) groups is 1. The molecule has 0 spiro atoms. The molecule has 1 aromatic carbocycles. The van der Waals surface area contributed by atoms with Crippen molar-refractivity contribution in [1.82, 2.24) is 14.5 Å². The summed E-state index contributed by atoms with van der Waals surface area (Å²) < 4.78 is 1.79. The smallest absolute Gasteiger partial charge is 0.360 e. The SMILES string of the molecule is CCC(CC)CC1(N2[C@@H]3CC[C@H]2CC(n2c(=O)c(C(=O)O)nc4ccccc42)C3)CC(C)CC(C)C1. The molecule has 2 saturated heterocycles. The minimum absolute atomic E-state index is 0.0147. The molecular weight excluding hydrogens is 450 g/mol. The molecule has 5 atom stereocenters. The summed E-state index contributed by atoms with van der Waals surface area (Å²) in [7, 11) is 0. The number of fused-ring (bicyclic) bond motifs is 3. The number of para-hydroxylation sites is 2. The van der Waals surface area contributed by atoms with E-state index in [2.05, 4.69) is 37.6 Å². The van der Waals surface area contributed by atoms with Gasteiger partial charge in [0.05, 0.1) is 11.0 Å². The molecule has 3 aliphatic rings. The summed E-state index contributed by atoms with van der Waals surface area (Å²) in [6, 6.07) is 8.43. The molecule has 3 fully saturated rings. The van der Waals surface area contributed by atoms with Crippen LogP contribution in [-0.2, 0) is 0 Å². The van der Waals surface area contributed by atoms with Gasteiger partial charge in [-0.2, -0.15) is 0 Å². The van der Waals surface area contributed by atoms with Gasteiger partial charge in [-0.25, -0.2) is 9.78 Å². The van der Waals surface area contributed by atoms with E-state index in [0.29, 0.717) is 17.6 Å². The maximum atomic E-state index is 13.4. The average molecular weight is 494 g/mol. The fraction of sp³-hybridized carbons (Fsp3) is 0.700. The van der Waals surface area contributed by atoms with Crippen molar-refractivity contribution in [2.75, 3.05) is 0 Å². The number of aromatic carboxylic acids is 1. The maximum Gasteiger partial charge on any atom is 0.360 e. The molecule has 196 valence electrons. The van der Waals surface area contributed by atoms with Gasteiger partial charge in [-0.3, -0.25) is 9.69 Å². The van der Waals surface area contributed by atoms with E-state index in [1.54, 1.807) is 4.57 Å². The van der Waals surface area contributed by atoms with Crippen molar-refractivity contribution < 1.29 is 9.90 Å². The van der Waals surface area contributed by atoms with Crippen LogP contribution in [0.25, 0.3) is 11.0 Å². The van der Waals surface area contributed by atoms with E-state index in [4.69, 9.17) is 0 Å². The van der Waals surface area contributed by atoms with Crippen molar-refractivity contribution in [3.8, 4) is 0 Å². The zero-order valence-electron chi connectivity index (χ0n) is 22.4. The van der Waals surface area contributed by atoms with Crippen LogP contribution >= 0.6 is 0 Å². The molecule has 3 heterocycles. The fourth-order valence-corrected chi connectivity index (χ4v) is 8.62. The number of benzene rings is 1. The number of hydrogen-bond acceptors (Lipinski definition) is 4. The topological polar surface area (TPSA) is 75.4 Å². The zero-order valence-corrected chi connectivity index (χ0v) is 22.4. The largest absolute Gasteiger partial charge is 0.476 e. The van der Waals surface area contributed by atoms with Gasteiger partial charge < -0.3 is 9.67 Å². The van der Waals surface area contributed by atoms with E-state index < -0.39 is 11.5 Å². The molecule has 0 amide bonds. The highest BCUT2D eigenvalue weighted by Gasteiger charge is 2.53. The number of nitrogens with zero attached hydrogens (tertiary/aromatic N) is 3. The van der Waals surface area contributed by atoms with Gasteiger partial charge in [0.25, 0.3) is 5.56 Å². The molecule has 36 heavy (non-hydrogen) atoms. The quantitative estimate of drug-likeness (QED) is 0.491. The number of aromatic nitrogens is 2. The molecule has 1 saturated carbocycles. The molecule has 1 aromatic heterocycles. The average Bonchev–Trinajstić information content (AvgIpc) is 3.12. The first kappa shape index (κ1) is 25.4. The predicted molar refractivity (Wildman–Crippen MR) is 143 cm³/mol. The molecule has 6 heteroatoms. The summed E-state index contributed by atoms with van der Waals surface area (Å²) in [6.07, 6.45) is 11.8. The monoisotopic (exact) mass is 493 g/mol. The van der Waals surface area contributed by atoms with Crippen LogP contribution in [0, 0.1) is 17.8 Å². The van der Waals surface area contributed by atoms with E-state index in [0.717, 1.165) is 36.1 Å². The third-order valence-electron chi connectivity index (χ3n) is 9.70. The first-order valence-electron chi connectivity index (χ1n) is 14.3.